The first-order chi connectivity index (χ1) is 10.6. The fourth-order valence-corrected chi connectivity index (χ4v) is 3.01. The molecule has 3 aromatic rings. The SMILES string of the molecule is Cc1oc(-c2ccccc2)nc1CSc1nnnn1C(C)C. The first-order valence-electron chi connectivity index (χ1n) is 7.07. The Morgan fingerprint density at radius 1 is 1.23 bits per heavy atom. The normalized spacial score (nSPS) is 11.3. The van der Waals surface area contributed by atoms with Gasteiger partial charge in [-0.3, -0.25) is 0 Å². The average Bonchev–Trinajstić information content (AvgIpc) is 3.12. The van der Waals surface area contributed by atoms with Gasteiger partial charge in [0.25, 0.3) is 0 Å². The molecule has 0 saturated carbocycles. The van der Waals surface area contributed by atoms with Crippen molar-refractivity contribution in [3.8, 4) is 11.5 Å². The fourth-order valence-electron chi connectivity index (χ4n) is 2.00. The number of rotatable bonds is 5. The Morgan fingerprint density at radius 2 is 2.00 bits per heavy atom. The van der Waals surface area contributed by atoms with Crippen molar-refractivity contribution >= 4 is 11.8 Å². The minimum Gasteiger partial charge on any atom is -0.441 e. The van der Waals surface area contributed by atoms with Crippen LogP contribution in [-0.4, -0.2) is 25.2 Å². The summed E-state index contributed by atoms with van der Waals surface area (Å²) in [5.74, 6) is 2.15. The van der Waals surface area contributed by atoms with Crippen molar-refractivity contribution in [3.05, 3.63) is 41.8 Å². The highest BCUT2D eigenvalue weighted by Crippen LogP contribution is 2.27. The summed E-state index contributed by atoms with van der Waals surface area (Å²) in [6.07, 6.45) is 0. The Bertz CT molecular complexity index is 750. The van der Waals surface area contributed by atoms with E-state index in [1.807, 2.05) is 37.3 Å². The Morgan fingerprint density at radius 3 is 2.73 bits per heavy atom. The van der Waals surface area contributed by atoms with Crippen LogP contribution < -0.4 is 0 Å². The summed E-state index contributed by atoms with van der Waals surface area (Å²) < 4.78 is 7.57. The van der Waals surface area contributed by atoms with E-state index in [0.717, 1.165) is 22.2 Å². The summed E-state index contributed by atoms with van der Waals surface area (Å²) in [5, 5.41) is 12.6. The Labute approximate surface area is 132 Å². The molecule has 1 aromatic carbocycles. The molecule has 0 unspecified atom stereocenters. The van der Waals surface area contributed by atoms with Gasteiger partial charge in [0.15, 0.2) is 0 Å². The number of aromatic nitrogens is 5. The standard InChI is InChI=1S/C15H17N5OS/c1-10(2)20-15(17-18-19-20)22-9-13-11(3)21-14(16-13)12-7-5-4-6-8-12/h4-8,10H,9H2,1-3H3. The maximum absolute atomic E-state index is 5.77. The van der Waals surface area contributed by atoms with Crippen molar-refractivity contribution in [2.24, 2.45) is 0 Å². The smallest absolute Gasteiger partial charge is 0.226 e. The lowest BCUT2D eigenvalue weighted by Gasteiger charge is -2.06. The van der Waals surface area contributed by atoms with E-state index in [-0.39, 0.29) is 6.04 Å². The van der Waals surface area contributed by atoms with E-state index in [1.54, 1.807) is 16.4 Å². The third kappa shape index (κ3) is 3.04. The van der Waals surface area contributed by atoms with E-state index < -0.39 is 0 Å². The minimum atomic E-state index is 0.232. The summed E-state index contributed by atoms with van der Waals surface area (Å²) in [6, 6.07) is 10.1. The molecule has 0 aliphatic carbocycles. The van der Waals surface area contributed by atoms with Gasteiger partial charge in [-0.25, -0.2) is 9.67 Å². The second kappa shape index (κ2) is 6.31. The van der Waals surface area contributed by atoms with E-state index in [9.17, 15) is 0 Å². The van der Waals surface area contributed by atoms with Gasteiger partial charge in [-0.2, -0.15) is 0 Å². The Balaban J connectivity index is 1.76. The highest BCUT2D eigenvalue weighted by Gasteiger charge is 2.14. The second-order valence-electron chi connectivity index (χ2n) is 5.18. The van der Waals surface area contributed by atoms with Crippen LogP contribution in [-0.2, 0) is 5.75 Å². The van der Waals surface area contributed by atoms with E-state index in [1.165, 1.54) is 0 Å². The number of hydrogen-bond acceptors (Lipinski definition) is 6. The van der Waals surface area contributed by atoms with Crippen molar-refractivity contribution in [1.82, 2.24) is 25.2 Å². The molecule has 0 spiro atoms. The third-order valence-corrected chi connectivity index (χ3v) is 4.15. The van der Waals surface area contributed by atoms with Crippen molar-refractivity contribution in [2.45, 2.75) is 37.7 Å². The predicted octanol–water partition coefficient (Wildman–Crippen LogP) is 3.51. The van der Waals surface area contributed by atoms with Gasteiger partial charge in [-0.05, 0) is 43.3 Å². The van der Waals surface area contributed by atoms with Crippen molar-refractivity contribution < 1.29 is 4.42 Å². The first-order valence-corrected chi connectivity index (χ1v) is 8.06. The van der Waals surface area contributed by atoms with E-state index in [2.05, 4.69) is 34.4 Å². The fraction of sp³-hybridized carbons (Fsp3) is 0.333. The van der Waals surface area contributed by atoms with Gasteiger partial charge in [0, 0.05) is 11.3 Å². The molecule has 0 atom stereocenters. The van der Waals surface area contributed by atoms with Crippen LogP contribution in [0.2, 0.25) is 0 Å². The molecule has 0 fully saturated rings. The molecule has 6 nitrogen and oxygen atoms in total. The van der Waals surface area contributed by atoms with Crippen LogP contribution in [0.4, 0.5) is 0 Å². The Kier molecular flexibility index (Phi) is 4.24. The van der Waals surface area contributed by atoms with Gasteiger partial charge < -0.3 is 4.42 Å². The van der Waals surface area contributed by atoms with Crippen LogP contribution in [0.1, 0.15) is 31.3 Å². The molecular formula is C15H17N5OS. The van der Waals surface area contributed by atoms with Crippen LogP contribution in [0.15, 0.2) is 39.9 Å². The lowest BCUT2D eigenvalue weighted by atomic mass is 10.2. The zero-order chi connectivity index (χ0) is 15.5. The van der Waals surface area contributed by atoms with Crippen LogP contribution in [0.3, 0.4) is 0 Å². The topological polar surface area (TPSA) is 69.6 Å². The van der Waals surface area contributed by atoms with Gasteiger partial charge in [-0.15, -0.1) is 5.10 Å². The summed E-state index contributed by atoms with van der Waals surface area (Å²) in [7, 11) is 0. The number of aryl methyl sites for hydroxylation is 1. The lowest BCUT2D eigenvalue weighted by Crippen LogP contribution is -2.04. The number of hydrogen-bond donors (Lipinski definition) is 0. The monoisotopic (exact) mass is 315 g/mol. The van der Waals surface area contributed by atoms with E-state index >= 15 is 0 Å². The zero-order valence-electron chi connectivity index (χ0n) is 12.7. The van der Waals surface area contributed by atoms with Gasteiger partial charge in [0.05, 0.1) is 11.7 Å². The number of oxazole rings is 1. The second-order valence-corrected chi connectivity index (χ2v) is 6.12. The number of benzene rings is 1. The van der Waals surface area contributed by atoms with Crippen molar-refractivity contribution in [2.75, 3.05) is 0 Å². The molecule has 0 aliphatic rings. The molecule has 22 heavy (non-hydrogen) atoms. The molecule has 2 heterocycles. The summed E-state index contributed by atoms with van der Waals surface area (Å²) in [6.45, 7) is 6.03. The van der Waals surface area contributed by atoms with Crippen LogP contribution in [0, 0.1) is 6.92 Å². The van der Waals surface area contributed by atoms with E-state index in [0.29, 0.717) is 11.6 Å². The predicted molar refractivity (Wildman–Crippen MR) is 84.4 cm³/mol. The van der Waals surface area contributed by atoms with Gasteiger partial charge in [0.1, 0.15) is 5.76 Å². The molecule has 2 aromatic heterocycles. The minimum absolute atomic E-state index is 0.232. The van der Waals surface area contributed by atoms with Gasteiger partial charge in [0.2, 0.25) is 11.0 Å². The molecule has 3 rings (SSSR count). The van der Waals surface area contributed by atoms with E-state index in [4.69, 9.17) is 4.42 Å². The molecule has 0 radical (unpaired) electrons. The van der Waals surface area contributed by atoms with Crippen LogP contribution >= 0.6 is 11.8 Å². The quantitative estimate of drug-likeness (QED) is 0.671. The van der Waals surface area contributed by atoms with Crippen molar-refractivity contribution in [3.63, 3.8) is 0 Å². The maximum atomic E-state index is 5.77. The average molecular weight is 315 g/mol. The molecule has 0 aliphatic heterocycles. The van der Waals surface area contributed by atoms with Crippen LogP contribution in [0.25, 0.3) is 11.5 Å². The molecule has 0 saturated heterocycles. The maximum Gasteiger partial charge on any atom is 0.226 e. The van der Waals surface area contributed by atoms with Gasteiger partial charge >= 0.3 is 0 Å². The first kappa shape index (κ1) is 14.8. The summed E-state index contributed by atoms with van der Waals surface area (Å²) in [5.41, 5.74) is 1.90. The highest BCUT2D eigenvalue weighted by atomic mass is 32.2. The molecule has 0 N–H and O–H groups in total. The molecular weight excluding hydrogens is 298 g/mol. The number of thioether (sulfide) groups is 1. The van der Waals surface area contributed by atoms with Crippen LogP contribution in [0.5, 0.6) is 0 Å². The lowest BCUT2D eigenvalue weighted by molar-refractivity contribution is 0.477. The zero-order valence-corrected chi connectivity index (χ0v) is 13.5. The molecule has 0 bridgehead atoms. The molecule has 114 valence electrons. The molecule has 7 heteroatoms. The summed E-state index contributed by atoms with van der Waals surface area (Å²) in [4.78, 5) is 4.59. The van der Waals surface area contributed by atoms with Crippen molar-refractivity contribution in [1.29, 1.82) is 0 Å². The largest absolute Gasteiger partial charge is 0.441 e. The molecule has 0 amide bonds. The Hall–Kier alpha value is -2.15. The highest BCUT2D eigenvalue weighted by molar-refractivity contribution is 7.98. The third-order valence-electron chi connectivity index (χ3n) is 3.20. The summed E-state index contributed by atoms with van der Waals surface area (Å²) >= 11 is 1.56. The number of nitrogens with zero attached hydrogens (tertiary/aromatic N) is 5. The number of tetrazole rings is 1. The van der Waals surface area contributed by atoms with Gasteiger partial charge in [-0.1, -0.05) is 30.0 Å².